The molecular formula is C19H23F. The number of hydrogen-bond donors (Lipinski definition) is 0. The van der Waals surface area contributed by atoms with Crippen LogP contribution in [0.2, 0.25) is 0 Å². The number of benzene rings is 1. The van der Waals surface area contributed by atoms with Crippen LogP contribution in [0.25, 0.3) is 0 Å². The first-order valence-corrected chi connectivity index (χ1v) is 7.71. The highest BCUT2D eigenvalue weighted by Crippen LogP contribution is 2.31. The van der Waals surface area contributed by atoms with E-state index in [-0.39, 0.29) is 5.82 Å². The van der Waals surface area contributed by atoms with E-state index < -0.39 is 0 Å². The van der Waals surface area contributed by atoms with Crippen molar-refractivity contribution in [3.05, 3.63) is 47.8 Å². The molecule has 0 saturated heterocycles. The van der Waals surface area contributed by atoms with Gasteiger partial charge in [-0.2, -0.15) is 0 Å². The van der Waals surface area contributed by atoms with Gasteiger partial charge < -0.3 is 0 Å². The molecular weight excluding hydrogens is 247 g/mol. The molecule has 1 saturated carbocycles. The van der Waals surface area contributed by atoms with Crippen molar-refractivity contribution >= 4 is 0 Å². The molecule has 0 aromatic heterocycles. The van der Waals surface area contributed by atoms with Crippen LogP contribution in [0.3, 0.4) is 0 Å². The number of allylic oxidation sites excluding steroid dienone is 2. The largest absolute Gasteiger partial charge is 0.207 e. The Morgan fingerprint density at radius 2 is 1.85 bits per heavy atom. The van der Waals surface area contributed by atoms with Gasteiger partial charge in [-0.25, -0.2) is 4.39 Å². The first-order chi connectivity index (χ1) is 9.78. The summed E-state index contributed by atoms with van der Waals surface area (Å²) in [4.78, 5) is 0. The average Bonchev–Trinajstić information content (AvgIpc) is 2.47. The molecule has 0 aliphatic heterocycles. The summed E-state index contributed by atoms with van der Waals surface area (Å²) in [6, 6.07) is 6.32. The zero-order valence-corrected chi connectivity index (χ0v) is 12.2. The van der Waals surface area contributed by atoms with Crippen LogP contribution in [0, 0.1) is 29.5 Å². The van der Waals surface area contributed by atoms with Crippen molar-refractivity contribution in [1.29, 1.82) is 0 Å². The second-order valence-corrected chi connectivity index (χ2v) is 5.70. The molecule has 1 aliphatic rings. The van der Waals surface area contributed by atoms with E-state index in [0.29, 0.717) is 5.92 Å². The van der Waals surface area contributed by atoms with E-state index in [0.717, 1.165) is 11.5 Å². The van der Waals surface area contributed by atoms with Crippen LogP contribution in [-0.4, -0.2) is 0 Å². The van der Waals surface area contributed by atoms with Gasteiger partial charge in [-0.15, -0.1) is 0 Å². The van der Waals surface area contributed by atoms with Gasteiger partial charge in [0.2, 0.25) is 0 Å². The Bertz CT molecular complexity index is 479. The Hall–Kier alpha value is -1.55. The van der Waals surface area contributed by atoms with Gasteiger partial charge >= 0.3 is 0 Å². The molecule has 1 aromatic rings. The molecule has 20 heavy (non-hydrogen) atoms. The standard InChI is InChI=1S/C19H23F/c1-2-5-16-8-10-17(11-9-16)6-3-4-7-18-12-14-19(20)15-13-18/h3,6,12-17H,2,5,8-11H2,1H3. The Kier molecular flexibility index (Phi) is 5.87. The first-order valence-electron chi connectivity index (χ1n) is 7.71. The zero-order valence-electron chi connectivity index (χ0n) is 12.2. The monoisotopic (exact) mass is 270 g/mol. The molecule has 0 bridgehead atoms. The Balaban J connectivity index is 1.79. The second-order valence-electron chi connectivity index (χ2n) is 5.70. The van der Waals surface area contributed by atoms with Gasteiger partial charge in [0, 0.05) is 5.56 Å². The van der Waals surface area contributed by atoms with Crippen LogP contribution in [0.5, 0.6) is 0 Å². The van der Waals surface area contributed by atoms with E-state index in [9.17, 15) is 4.39 Å². The molecule has 1 aliphatic carbocycles. The lowest BCUT2D eigenvalue weighted by Crippen LogP contribution is -2.12. The van der Waals surface area contributed by atoms with Gasteiger partial charge in [-0.1, -0.05) is 37.7 Å². The van der Waals surface area contributed by atoms with Gasteiger partial charge in [0.05, 0.1) is 0 Å². The van der Waals surface area contributed by atoms with Crippen molar-refractivity contribution in [2.45, 2.75) is 45.4 Å². The van der Waals surface area contributed by atoms with Crippen LogP contribution in [-0.2, 0) is 0 Å². The molecule has 0 radical (unpaired) electrons. The predicted molar refractivity (Wildman–Crippen MR) is 82.8 cm³/mol. The Morgan fingerprint density at radius 1 is 1.15 bits per heavy atom. The first kappa shape index (κ1) is 14.9. The van der Waals surface area contributed by atoms with Gasteiger partial charge in [0.15, 0.2) is 0 Å². The lowest BCUT2D eigenvalue weighted by atomic mass is 9.80. The third-order valence-electron chi connectivity index (χ3n) is 4.10. The third kappa shape index (κ3) is 4.85. The molecule has 0 unspecified atom stereocenters. The molecule has 0 heterocycles. The summed E-state index contributed by atoms with van der Waals surface area (Å²) in [5.41, 5.74) is 0.864. The molecule has 0 spiro atoms. The fourth-order valence-electron chi connectivity index (χ4n) is 2.92. The van der Waals surface area contributed by atoms with Crippen molar-refractivity contribution in [1.82, 2.24) is 0 Å². The highest BCUT2D eigenvalue weighted by molar-refractivity contribution is 5.36. The third-order valence-corrected chi connectivity index (χ3v) is 4.10. The number of rotatable bonds is 3. The Labute approximate surface area is 122 Å². The summed E-state index contributed by atoms with van der Waals surface area (Å²) in [6.45, 7) is 2.27. The van der Waals surface area contributed by atoms with Crippen molar-refractivity contribution in [3.8, 4) is 11.8 Å². The number of hydrogen-bond acceptors (Lipinski definition) is 0. The molecule has 2 rings (SSSR count). The van der Waals surface area contributed by atoms with Crippen LogP contribution in [0.1, 0.15) is 51.0 Å². The molecule has 1 aromatic carbocycles. The van der Waals surface area contributed by atoms with Gasteiger partial charge in [-0.3, -0.25) is 0 Å². The van der Waals surface area contributed by atoms with Crippen molar-refractivity contribution in [2.24, 2.45) is 11.8 Å². The summed E-state index contributed by atoms with van der Waals surface area (Å²) in [7, 11) is 0. The lowest BCUT2D eigenvalue weighted by molar-refractivity contribution is 0.294. The fraction of sp³-hybridized carbons (Fsp3) is 0.474. The minimum atomic E-state index is -0.213. The van der Waals surface area contributed by atoms with E-state index in [1.54, 1.807) is 12.1 Å². The van der Waals surface area contributed by atoms with E-state index in [1.165, 1.54) is 50.7 Å². The quantitative estimate of drug-likeness (QED) is 0.650. The minimum absolute atomic E-state index is 0.213. The van der Waals surface area contributed by atoms with E-state index in [2.05, 4.69) is 24.8 Å². The lowest BCUT2D eigenvalue weighted by Gasteiger charge is -2.26. The van der Waals surface area contributed by atoms with E-state index >= 15 is 0 Å². The fourth-order valence-corrected chi connectivity index (χ4v) is 2.92. The summed E-state index contributed by atoms with van der Waals surface area (Å²) < 4.78 is 12.7. The molecule has 0 atom stereocenters. The molecule has 106 valence electrons. The summed E-state index contributed by atoms with van der Waals surface area (Å²) in [5.74, 6) is 7.53. The molecule has 0 N–H and O–H groups in total. The smallest absolute Gasteiger partial charge is 0.123 e. The van der Waals surface area contributed by atoms with Crippen molar-refractivity contribution < 1.29 is 4.39 Å². The second kappa shape index (κ2) is 7.90. The minimum Gasteiger partial charge on any atom is -0.207 e. The van der Waals surface area contributed by atoms with Gasteiger partial charge in [-0.05, 0) is 67.9 Å². The topological polar surface area (TPSA) is 0 Å². The summed E-state index contributed by atoms with van der Waals surface area (Å²) in [5, 5.41) is 0. The SMILES string of the molecule is CCCC1CCC(C=CC#Cc2ccc(F)cc2)CC1. The highest BCUT2D eigenvalue weighted by Gasteiger charge is 2.18. The maximum atomic E-state index is 12.7. The summed E-state index contributed by atoms with van der Waals surface area (Å²) in [6.07, 6.45) is 12.3. The van der Waals surface area contributed by atoms with E-state index in [1.807, 2.05) is 6.08 Å². The maximum Gasteiger partial charge on any atom is 0.123 e. The predicted octanol–water partition coefficient (Wildman–Crippen LogP) is 5.34. The number of halogens is 1. The van der Waals surface area contributed by atoms with Crippen LogP contribution < -0.4 is 0 Å². The van der Waals surface area contributed by atoms with E-state index in [4.69, 9.17) is 0 Å². The zero-order chi connectivity index (χ0) is 14.2. The average molecular weight is 270 g/mol. The van der Waals surface area contributed by atoms with Crippen LogP contribution in [0.15, 0.2) is 36.4 Å². The van der Waals surface area contributed by atoms with Crippen LogP contribution >= 0.6 is 0 Å². The van der Waals surface area contributed by atoms with Crippen LogP contribution in [0.4, 0.5) is 4.39 Å². The highest BCUT2D eigenvalue weighted by atomic mass is 19.1. The van der Waals surface area contributed by atoms with Gasteiger partial charge in [0.1, 0.15) is 5.82 Å². The molecule has 0 nitrogen and oxygen atoms in total. The molecule has 1 fully saturated rings. The maximum absolute atomic E-state index is 12.7. The van der Waals surface area contributed by atoms with Gasteiger partial charge in [0.25, 0.3) is 0 Å². The van der Waals surface area contributed by atoms with Crippen molar-refractivity contribution in [2.75, 3.05) is 0 Å². The Morgan fingerprint density at radius 3 is 2.50 bits per heavy atom. The van der Waals surface area contributed by atoms with Crippen molar-refractivity contribution in [3.63, 3.8) is 0 Å². The normalized spacial score (nSPS) is 22.5. The summed E-state index contributed by atoms with van der Waals surface area (Å²) >= 11 is 0. The molecule has 1 heteroatoms. The molecule has 0 amide bonds.